The van der Waals surface area contributed by atoms with Crippen LogP contribution in [0.3, 0.4) is 0 Å². The number of H-pyrrole nitrogens is 1. The number of carbonyl (C=O) groups is 3. The smallest absolute Gasteiger partial charge is 0.344 e. The first-order chi connectivity index (χ1) is 12.7. The van der Waals surface area contributed by atoms with Crippen LogP contribution in [0.2, 0.25) is 0 Å². The second kappa shape index (κ2) is 8.85. The van der Waals surface area contributed by atoms with Gasteiger partial charge in [0, 0.05) is 10.2 Å². The van der Waals surface area contributed by atoms with Crippen LogP contribution in [-0.4, -0.2) is 42.5 Å². The van der Waals surface area contributed by atoms with Crippen molar-refractivity contribution in [1.82, 2.24) is 4.98 Å². The largest absolute Gasteiger partial charge is 0.482 e. The van der Waals surface area contributed by atoms with Gasteiger partial charge in [0.25, 0.3) is 0 Å². The number of ketones is 1. The Morgan fingerprint density at radius 3 is 2.56 bits per heavy atom. The maximum Gasteiger partial charge on any atom is 0.344 e. The van der Waals surface area contributed by atoms with E-state index in [0.717, 1.165) is 4.47 Å². The summed E-state index contributed by atoms with van der Waals surface area (Å²) in [7, 11) is 1.27. The van der Waals surface area contributed by atoms with Crippen molar-refractivity contribution in [3.8, 4) is 5.75 Å². The van der Waals surface area contributed by atoms with Crippen molar-refractivity contribution in [3.05, 3.63) is 51.3 Å². The lowest BCUT2D eigenvalue weighted by Gasteiger charge is -2.13. The van der Waals surface area contributed by atoms with Crippen LogP contribution in [0, 0.1) is 13.8 Å². The number of hydrogen-bond donors (Lipinski definition) is 1. The second-order valence-electron chi connectivity index (χ2n) is 5.86. The molecule has 1 aromatic heterocycles. The summed E-state index contributed by atoms with van der Waals surface area (Å²) < 4.78 is 16.0. The summed E-state index contributed by atoms with van der Waals surface area (Å²) in [5.74, 6) is -1.15. The molecule has 1 N–H and O–H groups in total. The minimum Gasteiger partial charge on any atom is -0.482 e. The second-order valence-corrected chi connectivity index (χ2v) is 6.77. The van der Waals surface area contributed by atoms with Crippen LogP contribution in [0.15, 0.2) is 28.7 Å². The van der Waals surface area contributed by atoms with Gasteiger partial charge >= 0.3 is 11.9 Å². The maximum absolute atomic E-state index is 12.6. The molecule has 2 rings (SSSR count). The number of carbonyl (C=O) groups excluding carboxylic acids is 3. The van der Waals surface area contributed by atoms with Crippen molar-refractivity contribution in [2.45, 2.75) is 26.9 Å². The van der Waals surface area contributed by atoms with Gasteiger partial charge in [0.1, 0.15) is 5.75 Å². The summed E-state index contributed by atoms with van der Waals surface area (Å²) in [6, 6.07) is 7.01. The first kappa shape index (κ1) is 20.7. The molecule has 0 radical (unpaired) electrons. The van der Waals surface area contributed by atoms with Gasteiger partial charge in [0.05, 0.1) is 18.4 Å². The predicted molar refractivity (Wildman–Crippen MR) is 101 cm³/mol. The van der Waals surface area contributed by atoms with Gasteiger partial charge in [-0.25, -0.2) is 9.59 Å². The molecule has 1 aromatic carbocycles. The molecule has 0 amide bonds. The highest BCUT2D eigenvalue weighted by Crippen LogP contribution is 2.21. The number of methoxy groups -OCH3 is 1. The lowest BCUT2D eigenvalue weighted by Crippen LogP contribution is -2.28. The lowest BCUT2D eigenvalue weighted by atomic mass is 10.1. The van der Waals surface area contributed by atoms with Crippen LogP contribution in [0.1, 0.15) is 39.0 Å². The SMILES string of the molecule is COC(=O)c1c(C)[nH]c(C(=O)C(C)OC(=O)COc2cccc(Br)c2)c1C. The van der Waals surface area contributed by atoms with Crippen LogP contribution >= 0.6 is 15.9 Å². The Kier molecular flexibility index (Phi) is 6.79. The van der Waals surface area contributed by atoms with Crippen molar-refractivity contribution >= 4 is 33.7 Å². The fourth-order valence-corrected chi connectivity index (χ4v) is 2.97. The molecule has 7 nitrogen and oxygen atoms in total. The molecule has 1 heterocycles. The van der Waals surface area contributed by atoms with Gasteiger partial charge in [-0.15, -0.1) is 0 Å². The van der Waals surface area contributed by atoms with Crippen molar-refractivity contribution in [2.75, 3.05) is 13.7 Å². The number of aromatic amines is 1. The Morgan fingerprint density at radius 2 is 1.93 bits per heavy atom. The average Bonchev–Trinajstić information content (AvgIpc) is 2.93. The lowest BCUT2D eigenvalue weighted by molar-refractivity contribution is -0.148. The Hall–Kier alpha value is -2.61. The highest BCUT2D eigenvalue weighted by molar-refractivity contribution is 9.10. The highest BCUT2D eigenvalue weighted by Gasteiger charge is 2.27. The van der Waals surface area contributed by atoms with E-state index >= 15 is 0 Å². The molecule has 0 saturated heterocycles. The Morgan fingerprint density at radius 1 is 1.22 bits per heavy atom. The number of rotatable bonds is 7. The Labute approximate surface area is 165 Å². The molecular weight excluding hydrogens is 418 g/mol. The van der Waals surface area contributed by atoms with Crippen molar-refractivity contribution < 1.29 is 28.6 Å². The van der Waals surface area contributed by atoms with E-state index in [1.54, 1.807) is 32.0 Å². The van der Waals surface area contributed by atoms with E-state index in [9.17, 15) is 14.4 Å². The van der Waals surface area contributed by atoms with Crippen LogP contribution in [-0.2, 0) is 14.3 Å². The fraction of sp³-hybridized carbons (Fsp3) is 0.316. The Balaban J connectivity index is 2.01. The number of aryl methyl sites for hydroxylation is 1. The van der Waals surface area contributed by atoms with Gasteiger partial charge in [-0.1, -0.05) is 22.0 Å². The molecule has 0 aliphatic heterocycles. The van der Waals surface area contributed by atoms with Crippen LogP contribution in [0.25, 0.3) is 0 Å². The van der Waals surface area contributed by atoms with E-state index in [0.29, 0.717) is 22.6 Å². The van der Waals surface area contributed by atoms with Gasteiger partial charge in [-0.05, 0) is 44.5 Å². The van der Waals surface area contributed by atoms with Crippen molar-refractivity contribution in [3.63, 3.8) is 0 Å². The zero-order valence-electron chi connectivity index (χ0n) is 15.4. The predicted octanol–water partition coefficient (Wildman–Crippen LogP) is 3.37. The van der Waals surface area contributed by atoms with E-state index < -0.39 is 23.8 Å². The molecule has 1 atom stereocenters. The molecule has 0 fully saturated rings. The molecule has 0 spiro atoms. The van der Waals surface area contributed by atoms with Gasteiger partial charge in [-0.2, -0.15) is 0 Å². The number of ether oxygens (including phenoxy) is 3. The molecular formula is C19H20BrNO6. The highest BCUT2D eigenvalue weighted by atomic mass is 79.9. The monoisotopic (exact) mass is 437 g/mol. The quantitative estimate of drug-likeness (QED) is 0.526. The topological polar surface area (TPSA) is 94.7 Å². The molecule has 0 aliphatic rings. The van der Waals surface area contributed by atoms with Crippen LogP contribution in [0.5, 0.6) is 5.75 Å². The molecule has 144 valence electrons. The van der Waals surface area contributed by atoms with Gasteiger partial charge in [-0.3, -0.25) is 4.79 Å². The summed E-state index contributed by atoms with van der Waals surface area (Å²) in [6.45, 7) is 4.43. The first-order valence-electron chi connectivity index (χ1n) is 8.14. The number of Topliss-reactive ketones (excluding diaryl/α,β-unsaturated/α-hetero) is 1. The summed E-state index contributed by atoms with van der Waals surface area (Å²) in [4.78, 5) is 39.2. The average molecular weight is 438 g/mol. The first-order valence-corrected chi connectivity index (χ1v) is 8.93. The fourth-order valence-electron chi connectivity index (χ4n) is 2.59. The molecule has 8 heteroatoms. The molecule has 27 heavy (non-hydrogen) atoms. The van der Waals surface area contributed by atoms with E-state index in [-0.39, 0.29) is 12.3 Å². The van der Waals surface area contributed by atoms with Crippen molar-refractivity contribution in [2.24, 2.45) is 0 Å². The number of halogens is 1. The summed E-state index contributed by atoms with van der Waals surface area (Å²) in [6.07, 6.45) is -1.04. The number of benzene rings is 1. The van der Waals surface area contributed by atoms with E-state index in [1.807, 2.05) is 6.07 Å². The minimum atomic E-state index is -1.04. The third kappa shape index (κ3) is 4.97. The summed E-state index contributed by atoms with van der Waals surface area (Å²) in [5, 5.41) is 0. The number of hydrogen-bond acceptors (Lipinski definition) is 6. The standard InChI is InChI=1S/C19H20BrNO6/c1-10-16(19(24)25-4)11(2)21-17(10)18(23)12(3)27-15(22)9-26-14-7-5-6-13(20)8-14/h5-8,12,21H,9H2,1-4H3. The molecule has 0 bridgehead atoms. The van der Waals surface area contributed by atoms with E-state index in [1.165, 1.54) is 14.0 Å². The summed E-state index contributed by atoms with van der Waals surface area (Å²) in [5.41, 5.74) is 1.48. The minimum absolute atomic E-state index is 0.209. The third-order valence-electron chi connectivity index (χ3n) is 3.90. The summed E-state index contributed by atoms with van der Waals surface area (Å²) >= 11 is 3.31. The van der Waals surface area contributed by atoms with E-state index in [4.69, 9.17) is 14.2 Å². The molecule has 0 saturated carbocycles. The molecule has 1 unspecified atom stereocenters. The number of esters is 2. The normalized spacial score (nSPS) is 11.6. The van der Waals surface area contributed by atoms with E-state index in [2.05, 4.69) is 20.9 Å². The van der Waals surface area contributed by atoms with Gasteiger partial charge in [0.15, 0.2) is 12.7 Å². The molecule has 2 aromatic rings. The molecule has 0 aliphatic carbocycles. The Bertz CT molecular complexity index is 873. The number of nitrogens with one attached hydrogen (secondary N) is 1. The number of aromatic nitrogens is 1. The van der Waals surface area contributed by atoms with Crippen molar-refractivity contribution in [1.29, 1.82) is 0 Å². The van der Waals surface area contributed by atoms with Gasteiger partial charge < -0.3 is 19.2 Å². The van der Waals surface area contributed by atoms with Crippen LogP contribution in [0.4, 0.5) is 0 Å². The third-order valence-corrected chi connectivity index (χ3v) is 4.40. The van der Waals surface area contributed by atoms with Crippen LogP contribution < -0.4 is 4.74 Å². The zero-order valence-corrected chi connectivity index (χ0v) is 17.0. The van der Waals surface area contributed by atoms with Gasteiger partial charge in [0.2, 0.25) is 5.78 Å². The maximum atomic E-state index is 12.6. The zero-order chi connectivity index (χ0) is 20.1.